The van der Waals surface area contributed by atoms with Crippen LogP contribution < -0.4 is 0 Å². The minimum absolute atomic E-state index is 0.0246. The standard InChI is InChI=1S/C19H26O2/c1-18-9-7-13(20)11-12(18)3-4-14-15-5-6-17(21)19(15,2)10-8-16(14)18/h11,14-16H,3-10H2,1-2H3/t14-,15-,16?,18-,19-/m0/s1. The predicted octanol–water partition coefficient (Wildman–Crippen LogP) is 4.09. The smallest absolute Gasteiger partial charge is 0.155 e. The van der Waals surface area contributed by atoms with Gasteiger partial charge in [0.15, 0.2) is 5.78 Å². The number of hydrogen-bond donors (Lipinski definition) is 0. The normalized spacial score (nSPS) is 49.2. The van der Waals surface area contributed by atoms with Crippen molar-refractivity contribution in [3.63, 3.8) is 0 Å². The van der Waals surface area contributed by atoms with Gasteiger partial charge in [0.1, 0.15) is 5.78 Å². The highest BCUT2D eigenvalue weighted by atomic mass is 16.1. The molecule has 0 aromatic heterocycles. The molecule has 3 saturated carbocycles. The maximum atomic E-state index is 12.4. The van der Waals surface area contributed by atoms with Gasteiger partial charge in [-0.15, -0.1) is 0 Å². The Hall–Kier alpha value is -0.920. The average molecular weight is 286 g/mol. The zero-order valence-electron chi connectivity index (χ0n) is 13.3. The first-order chi connectivity index (χ1) is 9.95. The number of fused-ring (bicyclic) bond motifs is 5. The van der Waals surface area contributed by atoms with E-state index in [0.717, 1.165) is 38.5 Å². The molecule has 21 heavy (non-hydrogen) atoms. The maximum absolute atomic E-state index is 12.4. The molecule has 2 nitrogen and oxygen atoms in total. The molecule has 0 heterocycles. The van der Waals surface area contributed by atoms with Crippen molar-refractivity contribution < 1.29 is 9.59 Å². The number of Topliss-reactive ketones (excluding diaryl/α,β-unsaturated/α-hetero) is 1. The lowest BCUT2D eigenvalue weighted by molar-refractivity contribution is -0.132. The first kappa shape index (κ1) is 13.7. The number of allylic oxidation sites excluding steroid dienone is 1. The molecule has 4 aliphatic carbocycles. The van der Waals surface area contributed by atoms with E-state index in [9.17, 15) is 9.59 Å². The van der Waals surface area contributed by atoms with Gasteiger partial charge in [-0.3, -0.25) is 9.59 Å². The van der Waals surface area contributed by atoms with E-state index < -0.39 is 0 Å². The average Bonchev–Trinajstić information content (AvgIpc) is 2.76. The summed E-state index contributed by atoms with van der Waals surface area (Å²) in [5.41, 5.74) is 1.64. The van der Waals surface area contributed by atoms with Crippen LogP contribution in [0.25, 0.3) is 0 Å². The summed E-state index contributed by atoms with van der Waals surface area (Å²) in [6.07, 6.45) is 10.2. The van der Waals surface area contributed by atoms with Gasteiger partial charge in [0.2, 0.25) is 0 Å². The lowest BCUT2D eigenvalue weighted by atomic mass is 9.47. The van der Waals surface area contributed by atoms with Gasteiger partial charge in [-0.25, -0.2) is 0 Å². The molecule has 2 heteroatoms. The summed E-state index contributed by atoms with van der Waals surface area (Å²) in [5.74, 6) is 2.88. The zero-order valence-corrected chi connectivity index (χ0v) is 13.3. The van der Waals surface area contributed by atoms with Crippen molar-refractivity contribution in [1.29, 1.82) is 0 Å². The number of rotatable bonds is 0. The summed E-state index contributed by atoms with van der Waals surface area (Å²) >= 11 is 0. The Labute approximate surface area is 127 Å². The first-order valence-electron chi connectivity index (χ1n) is 8.72. The molecule has 4 rings (SSSR count). The second kappa shape index (κ2) is 4.30. The van der Waals surface area contributed by atoms with Crippen molar-refractivity contribution >= 4 is 11.6 Å². The molecule has 0 aromatic rings. The second-order valence-corrected chi connectivity index (χ2v) is 8.39. The highest BCUT2D eigenvalue weighted by Gasteiger charge is 2.58. The number of carbonyl (C=O) groups excluding carboxylic acids is 2. The first-order valence-corrected chi connectivity index (χ1v) is 8.72. The Morgan fingerprint density at radius 1 is 0.905 bits per heavy atom. The molecular weight excluding hydrogens is 260 g/mol. The van der Waals surface area contributed by atoms with Crippen molar-refractivity contribution in [3.05, 3.63) is 11.6 Å². The number of hydrogen-bond acceptors (Lipinski definition) is 2. The minimum Gasteiger partial charge on any atom is -0.299 e. The van der Waals surface area contributed by atoms with Gasteiger partial charge in [-0.2, -0.15) is 0 Å². The molecule has 5 atom stereocenters. The van der Waals surface area contributed by atoms with Crippen LogP contribution in [-0.2, 0) is 9.59 Å². The van der Waals surface area contributed by atoms with Gasteiger partial charge in [0, 0.05) is 18.3 Å². The Morgan fingerprint density at radius 2 is 1.67 bits per heavy atom. The largest absolute Gasteiger partial charge is 0.299 e. The van der Waals surface area contributed by atoms with Crippen LogP contribution in [-0.4, -0.2) is 11.6 Å². The van der Waals surface area contributed by atoms with Crippen LogP contribution in [0.5, 0.6) is 0 Å². The molecule has 0 amide bonds. The second-order valence-electron chi connectivity index (χ2n) is 8.39. The third-order valence-corrected chi connectivity index (χ3v) is 7.67. The highest BCUT2D eigenvalue weighted by Crippen LogP contribution is 2.64. The lowest BCUT2D eigenvalue weighted by Gasteiger charge is -2.56. The van der Waals surface area contributed by atoms with Crippen LogP contribution in [0, 0.1) is 28.6 Å². The third-order valence-electron chi connectivity index (χ3n) is 7.67. The SMILES string of the molecule is C[C@]12CCC(=O)C=C1CC[C@@H]1C2CC[C@]2(C)C(=O)CC[C@@H]12. The summed E-state index contributed by atoms with van der Waals surface area (Å²) < 4.78 is 0. The Kier molecular flexibility index (Phi) is 2.81. The van der Waals surface area contributed by atoms with Crippen molar-refractivity contribution in [3.8, 4) is 0 Å². The molecule has 0 saturated heterocycles. The van der Waals surface area contributed by atoms with Crippen molar-refractivity contribution in [2.45, 2.75) is 65.2 Å². The van der Waals surface area contributed by atoms with E-state index in [4.69, 9.17) is 0 Å². The molecule has 114 valence electrons. The van der Waals surface area contributed by atoms with Gasteiger partial charge < -0.3 is 0 Å². The van der Waals surface area contributed by atoms with Crippen molar-refractivity contribution in [1.82, 2.24) is 0 Å². The molecule has 0 spiro atoms. The zero-order chi connectivity index (χ0) is 14.8. The number of ketones is 2. The molecule has 1 unspecified atom stereocenters. The van der Waals surface area contributed by atoms with E-state index in [1.165, 1.54) is 18.4 Å². The van der Waals surface area contributed by atoms with Crippen molar-refractivity contribution in [2.24, 2.45) is 28.6 Å². The monoisotopic (exact) mass is 286 g/mol. The van der Waals surface area contributed by atoms with Crippen LogP contribution in [0.4, 0.5) is 0 Å². The van der Waals surface area contributed by atoms with Crippen LogP contribution in [0.1, 0.15) is 65.2 Å². The van der Waals surface area contributed by atoms with E-state index in [-0.39, 0.29) is 10.8 Å². The molecular formula is C19H26O2. The van der Waals surface area contributed by atoms with Gasteiger partial charge in [0.25, 0.3) is 0 Å². The van der Waals surface area contributed by atoms with Crippen LogP contribution in [0.3, 0.4) is 0 Å². The van der Waals surface area contributed by atoms with E-state index >= 15 is 0 Å². The van der Waals surface area contributed by atoms with Crippen molar-refractivity contribution in [2.75, 3.05) is 0 Å². The van der Waals surface area contributed by atoms with E-state index in [1.807, 2.05) is 6.08 Å². The molecule has 0 aromatic carbocycles. The van der Waals surface area contributed by atoms with Crippen LogP contribution >= 0.6 is 0 Å². The fourth-order valence-corrected chi connectivity index (χ4v) is 6.33. The molecule has 3 fully saturated rings. The van der Waals surface area contributed by atoms with Gasteiger partial charge in [-0.1, -0.05) is 19.4 Å². The third kappa shape index (κ3) is 1.71. The summed E-state index contributed by atoms with van der Waals surface area (Å²) in [4.78, 5) is 24.1. The summed E-state index contributed by atoms with van der Waals surface area (Å²) in [6, 6.07) is 0. The summed E-state index contributed by atoms with van der Waals surface area (Å²) in [5, 5.41) is 0. The van der Waals surface area contributed by atoms with E-state index in [2.05, 4.69) is 13.8 Å². The molecule has 4 aliphatic rings. The van der Waals surface area contributed by atoms with Crippen LogP contribution in [0.15, 0.2) is 11.6 Å². The predicted molar refractivity (Wildman–Crippen MR) is 81.7 cm³/mol. The topological polar surface area (TPSA) is 34.1 Å². The Morgan fingerprint density at radius 3 is 2.48 bits per heavy atom. The fourth-order valence-electron chi connectivity index (χ4n) is 6.33. The summed E-state index contributed by atoms with van der Waals surface area (Å²) in [6.45, 7) is 4.64. The molecule has 0 bridgehead atoms. The van der Waals surface area contributed by atoms with Crippen LogP contribution in [0.2, 0.25) is 0 Å². The molecule has 0 aliphatic heterocycles. The Bertz CT molecular complexity index is 546. The van der Waals surface area contributed by atoms with E-state index in [0.29, 0.717) is 29.3 Å². The summed E-state index contributed by atoms with van der Waals surface area (Å²) in [7, 11) is 0. The molecule has 0 N–H and O–H groups in total. The lowest BCUT2D eigenvalue weighted by Crippen LogP contribution is -2.50. The fraction of sp³-hybridized carbons (Fsp3) is 0.789. The highest BCUT2D eigenvalue weighted by molar-refractivity contribution is 5.91. The number of carbonyl (C=O) groups is 2. The van der Waals surface area contributed by atoms with E-state index in [1.54, 1.807) is 0 Å². The quantitative estimate of drug-likeness (QED) is 0.672. The van der Waals surface area contributed by atoms with Gasteiger partial charge >= 0.3 is 0 Å². The molecule has 0 radical (unpaired) electrons. The van der Waals surface area contributed by atoms with Gasteiger partial charge in [0.05, 0.1) is 0 Å². The minimum atomic E-state index is -0.0246. The Balaban J connectivity index is 1.70. The maximum Gasteiger partial charge on any atom is 0.155 e. The van der Waals surface area contributed by atoms with Gasteiger partial charge in [-0.05, 0) is 67.8 Å².